The van der Waals surface area contributed by atoms with E-state index in [4.69, 9.17) is 9.47 Å². The Balaban J connectivity index is 1.84. The summed E-state index contributed by atoms with van der Waals surface area (Å²) in [5.74, 6) is -3.29. The average molecular weight is 487 g/mol. The second-order valence-electron chi connectivity index (χ2n) is 9.60. The number of aliphatic hydroxyl groups is 1. The van der Waals surface area contributed by atoms with Gasteiger partial charge in [0.15, 0.2) is 0 Å². The van der Waals surface area contributed by atoms with E-state index in [0.717, 1.165) is 0 Å². The molecule has 190 valence electrons. The molecule has 3 fully saturated rings. The van der Waals surface area contributed by atoms with Crippen LogP contribution in [0.25, 0.3) is 0 Å². The van der Waals surface area contributed by atoms with E-state index in [2.05, 4.69) is 6.58 Å². The number of amides is 2. The van der Waals surface area contributed by atoms with Crippen molar-refractivity contribution in [3.8, 4) is 5.75 Å². The van der Waals surface area contributed by atoms with Gasteiger partial charge in [-0.3, -0.25) is 14.4 Å². The summed E-state index contributed by atoms with van der Waals surface area (Å²) >= 11 is 0. The number of aliphatic hydroxyl groups excluding tert-OH is 1. The van der Waals surface area contributed by atoms with Crippen molar-refractivity contribution in [2.45, 2.75) is 62.8 Å². The summed E-state index contributed by atoms with van der Waals surface area (Å²) in [6.45, 7) is 7.32. The summed E-state index contributed by atoms with van der Waals surface area (Å²) in [6.07, 6.45) is 3.31. The number of methoxy groups -OCH3 is 1. The van der Waals surface area contributed by atoms with Crippen molar-refractivity contribution in [1.82, 2.24) is 4.90 Å². The van der Waals surface area contributed by atoms with Crippen LogP contribution in [0.15, 0.2) is 36.9 Å². The van der Waals surface area contributed by atoms with Crippen molar-refractivity contribution in [3.05, 3.63) is 36.9 Å². The second-order valence-corrected chi connectivity index (χ2v) is 9.60. The number of carbonyl (C=O) groups excluding carboxylic acids is 2. The van der Waals surface area contributed by atoms with Gasteiger partial charge in [-0.2, -0.15) is 0 Å². The van der Waals surface area contributed by atoms with E-state index in [9.17, 15) is 24.6 Å². The maximum Gasteiger partial charge on any atom is 0.310 e. The molecule has 9 nitrogen and oxygen atoms in total. The standard InChI is InChI=1S/C26H34N2O7/c1-5-14-27(17-8-10-18(34-4)11-9-17)23(31)21-26-13-12-25(7-3,35-26)20(24(32)33)19(26)22(30)28(21)16(6-2)15-29/h5,8-11,16,19-21,29H,1,6-7,12-15H2,2-4H3,(H,32,33)/t16-,19-,20-,21?,25+,26?/m0/s1. The highest BCUT2D eigenvalue weighted by Crippen LogP contribution is 2.64. The number of benzene rings is 1. The van der Waals surface area contributed by atoms with Crippen LogP contribution in [0, 0.1) is 11.8 Å². The Hall–Kier alpha value is -2.91. The fourth-order valence-corrected chi connectivity index (χ4v) is 6.48. The van der Waals surface area contributed by atoms with Crippen molar-refractivity contribution in [2.24, 2.45) is 11.8 Å². The second kappa shape index (κ2) is 9.28. The number of rotatable bonds is 10. The quantitative estimate of drug-likeness (QED) is 0.487. The van der Waals surface area contributed by atoms with Crippen LogP contribution >= 0.6 is 0 Å². The van der Waals surface area contributed by atoms with Crippen LogP contribution in [-0.2, 0) is 19.1 Å². The Labute approximate surface area is 205 Å². The van der Waals surface area contributed by atoms with Gasteiger partial charge in [-0.05, 0) is 49.9 Å². The number of likely N-dealkylation sites (tertiary alicyclic amines) is 1. The lowest BCUT2D eigenvalue weighted by atomic mass is 9.65. The van der Waals surface area contributed by atoms with Crippen LogP contribution in [0.2, 0.25) is 0 Å². The number of hydrogen-bond donors (Lipinski definition) is 2. The summed E-state index contributed by atoms with van der Waals surface area (Å²) in [4.78, 5) is 43.6. The Bertz CT molecular complexity index is 1010. The van der Waals surface area contributed by atoms with Crippen molar-refractivity contribution in [1.29, 1.82) is 0 Å². The molecule has 3 saturated heterocycles. The minimum Gasteiger partial charge on any atom is -0.497 e. The van der Waals surface area contributed by atoms with Gasteiger partial charge in [0.25, 0.3) is 5.91 Å². The number of nitrogens with zero attached hydrogens (tertiary/aromatic N) is 2. The number of carbonyl (C=O) groups is 3. The van der Waals surface area contributed by atoms with Crippen LogP contribution in [0.5, 0.6) is 5.75 Å². The van der Waals surface area contributed by atoms with Gasteiger partial charge in [-0.1, -0.05) is 19.9 Å². The van der Waals surface area contributed by atoms with Gasteiger partial charge in [-0.25, -0.2) is 0 Å². The lowest BCUT2D eigenvalue weighted by Crippen LogP contribution is -2.59. The minimum atomic E-state index is -1.26. The zero-order chi connectivity index (χ0) is 25.5. The first-order valence-electron chi connectivity index (χ1n) is 12.2. The fourth-order valence-electron chi connectivity index (χ4n) is 6.48. The molecule has 2 N–H and O–H groups in total. The van der Waals surface area contributed by atoms with Crippen molar-refractivity contribution in [3.63, 3.8) is 0 Å². The van der Waals surface area contributed by atoms with E-state index in [1.165, 1.54) is 9.80 Å². The van der Waals surface area contributed by atoms with Crippen LogP contribution < -0.4 is 9.64 Å². The Morgan fingerprint density at radius 3 is 2.51 bits per heavy atom. The van der Waals surface area contributed by atoms with E-state index in [1.54, 1.807) is 37.5 Å². The molecule has 3 aliphatic rings. The normalized spacial score (nSPS) is 31.8. The number of carboxylic acids is 1. The molecule has 3 heterocycles. The van der Waals surface area contributed by atoms with Crippen LogP contribution in [0.4, 0.5) is 5.69 Å². The van der Waals surface area contributed by atoms with Crippen molar-refractivity contribution < 1.29 is 34.1 Å². The van der Waals surface area contributed by atoms with E-state index in [0.29, 0.717) is 37.1 Å². The summed E-state index contributed by atoms with van der Waals surface area (Å²) in [5, 5.41) is 20.3. The molecular formula is C26H34N2O7. The highest BCUT2D eigenvalue weighted by molar-refractivity contribution is 6.05. The monoisotopic (exact) mass is 486 g/mol. The Morgan fingerprint density at radius 1 is 1.31 bits per heavy atom. The molecule has 3 aliphatic heterocycles. The van der Waals surface area contributed by atoms with Crippen molar-refractivity contribution >= 4 is 23.5 Å². The molecule has 2 unspecified atom stereocenters. The zero-order valence-electron chi connectivity index (χ0n) is 20.5. The molecule has 0 radical (unpaired) electrons. The predicted molar refractivity (Wildman–Crippen MR) is 128 cm³/mol. The zero-order valence-corrected chi connectivity index (χ0v) is 20.5. The average Bonchev–Trinajstić information content (AvgIpc) is 3.47. The minimum absolute atomic E-state index is 0.182. The van der Waals surface area contributed by atoms with E-state index < -0.39 is 47.0 Å². The Kier molecular flexibility index (Phi) is 6.68. The van der Waals surface area contributed by atoms with Crippen LogP contribution in [0.3, 0.4) is 0 Å². The van der Waals surface area contributed by atoms with Gasteiger partial charge >= 0.3 is 5.97 Å². The molecule has 9 heteroatoms. The topological polar surface area (TPSA) is 117 Å². The van der Waals surface area contributed by atoms with E-state index in [1.807, 2.05) is 13.8 Å². The molecule has 0 saturated carbocycles. The third kappa shape index (κ3) is 3.55. The lowest BCUT2D eigenvalue weighted by Gasteiger charge is -2.39. The maximum absolute atomic E-state index is 14.3. The van der Waals surface area contributed by atoms with Crippen molar-refractivity contribution in [2.75, 3.05) is 25.2 Å². The number of anilines is 1. The van der Waals surface area contributed by atoms with E-state index in [-0.39, 0.29) is 19.1 Å². The van der Waals surface area contributed by atoms with Gasteiger partial charge in [0.05, 0.1) is 31.3 Å². The molecule has 0 aliphatic carbocycles. The summed E-state index contributed by atoms with van der Waals surface area (Å²) in [5.41, 5.74) is -1.66. The first-order valence-corrected chi connectivity index (χ1v) is 12.2. The number of hydrogen-bond acceptors (Lipinski definition) is 6. The van der Waals surface area contributed by atoms with Gasteiger partial charge in [-0.15, -0.1) is 6.58 Å². The van der Waals surface area contributed by atoms with Gasteiger partial charge in [0.2, 0.25) is 5.91 Å². The molecule has 2 bridgehead atoms. The SMILES string of the molecule is C=CCN(C(=O)C1N([C@@H](CC)CO)C(=O)[C@@H]2[C@@H](C(=O)O)[C@@]3(CC)CCC12O3)c1ccc(OC)cc1. The van der Waals surface area contributed by atoms with Gasteiger partial charge < -0.3 is 29.5 Å². The molecule has 4 rings (SSSR count). The smallest absolute Gasteiger partial charge is 0.310 e. The van der Waals surface area contributed by atoms with Gasteiger partial charge in [0.1, 0.15) is 23.3 Å². The molecule has 0 aromatic heterocycles. The summed E-state index contributed by atoms with van der Waals surface area (Å²) in [7, 11) is 1.55. The maximum atomic E-state index is 14.3. The largest absolute Gasteiger partial charge is 0.497 e. The first kappa shape index (κ1) is 25.2. The molecule has 1 aromatic rings. The third-order valence-electron chi connectivity index (χ3n) is 8.16. The number of carboxylic acid groups (broad SMARTS) is 1. The van der Waals surface area contributed by atoms with Gasteiger partial charge in [0, 0.05) is 12.2 Å². The highest BCUT2D eigenvalue weighted by atomic mass is 16.5. The number of fused-ring (bicyclic) bond motifs is 1. The molecular weight excluding hydrogens is 452 g/mol. The van der Waals surface area contributed by atoms with Crippen LogP contribution in [-0.4, -0.2) is 76.4 Å². The third-order valence-corrected chi connectivity index (χ3v) is 8.16. The summed E-state index contributed by atoms with van der Waals surface area (Å²) < 4.78 is 11.8. The predicted octanol–water partition coefficient (Wildman–Crippen LogP) is 2.22. The summed E-state index contributed by atoms with van der Waals surface area (Å²) in [6, 6.07) is 5.29. The molecule has 1 spiro atoms. The number of aliphatic carboxylic acids is 1. The first-order chi connectivity index (χ1) is 16.7. The van der Waals surface area contributed by atoms with Crippen LogP contribution in [0.1, 0.15) is 39.5 Å². The highest BCUT2D eigenvalue weighted by Gasteiger charge is 2.79. The fraction of sp³-hybridized carbons (Fsp3) is 0.577. The number of ether oxygens (including phenoxy) is 2. The molecule has 35 heavy (non-hydrogen) atoms. The molecule has 6 atom stereocenters. The Morgan fingerprint density at radius 2 is 2.00 bits per heavy atom. The molecule has 1 aromatic carbocycles. The lowest BCUT2D eigenvalue weighted by molar-refractivity contribution is -0.157. The van der Waals surface area contributed by atoms with E-state index >= 15 is 0 Å². The molecule has 2 amide bonds.